The van der Waals surface area contributed by atoms with E-state index in [1.54, 1.807) is 0 Å². The largest absolute Gasteiger partial charge is 0.434 e. The van der Waals surface area contributed by atoms with Crippen LogP contribution in [0.15, 0.2) is 59.6 Å². The number of amides is 1. The van der Waals surface area contributed by atoms with Crippen LogP contribution in [0.25, 0.3) is 5.69 Å². The summed E-state index contributed by atoms with van der Waals surface area (Å²) in [6.45, 7) is 0. The van der Waals surface area contributed by atoms with E-state index >= 15 is 0 Å². The van der Waals surface area contributed by atoms with Gasteiger partial charge >= 0.3 is 6.18 Å². The number of hydrogen-bond donors (Lipinski definition) is 0. The minimum absolute atomic E-state index is 0.0265. The Labute approximate surface area is 175 Å². The summed E-state index contributed by atoms with van der Waals surface area (Å²) >= 11 is 5.78. The summed E-state index contributed by atoms with van der Waals surface area (Å²) in [6.07, 6.45) is -2.99. The van der Waals surface area contributed by atoms with E-state index in [1.165, 1.54) is 55.6 Å². The first-order valence-corrected chi connectivity index (χ1v) is 10.7. The molecule has 0 unspecified atom stereocenters. The first-order valence-electron chi connectivity index (χ1n) is 8.39. The molecule has 0 aliphatic heterocycles. The van der Waals surface area contributed by atoms with E-state index in [-0.39, 0.29) is 16.3 Å². The van der Waals surface area contributed by atoms with Crippen LogP contribution in [0.2, 0.25) is 5.02 Å². The van der Waals surface area contributed by atoms with Gasteiger partial charge in [0.25, 0.3) is 5.91 Å². The Morgan fingerprint density at radius 1 is 1.07 bits per heavy atom. The lowest BCUT2D eigenvalue weighted by atomic mass is 10.2. The summed E-state index contributed by atoms with van der Waals surface area (Å²) in [7, 11) is -2.16. The minimum Gasteiger partial charge on any atom is -0.311 e. The summed E-state index contributed by atoms with van der Waals surface area (Å²) in [5.74, 6) is -0.949. The van der Waals surface area contributed by atoms with E-state index in [2.05, 4.69) is 5.10 Å². The Morgan fingerprint density at radius 2 is 1.63 bits per heavy atom. The third kappa shape index (κ3) is 4.34. The molecule has 158 valence electrons. The molecule has 0 spiro atoms. The Kier molecular flexibility index (Phi) is 5.66. The van der Waals surface area contributed by atoms with Crippen LogP contribution in [0.5, 0.6) is 0 Å². The lowest BCUT2D eigenvalue weighted by Gasteiger charge is -2.19. The molecule has 0 saturated heterocycles. The Balaban J connectivity index is 2.02. The molecule has 2 aromatic carbocycles. The van der Waals surface area contributed by atoms with E-state index in [9.17, 15) is 26.4 Å². The van der Waals surface area contributed by atoms with Gasteiger partial charge in [-0.3, -0.25) is 4.79 Å². The number of aromatic nitrogens is 2. The van der Waals surface area contributed by atoms with E-state index in [1.807, 2.05) is 0 Å². The van der Waals surface area contributed by atoms with Gasteiger partial charge in [0.2, 0.25) is 0 Å². The Hall–Kier alpha value is -2.85. The molecule has 6 nitrogen and oxygen atoms in total. The predicted octanol–water partition coefficient (Wildman–Crippen LogP) is 4.22. The van der Waals surface area contributed by atoms with Gasteiger partial charge in [-0.25, -0.2) is 13.1 Å². The third-order valence-electron chi connectivity index (χ3n) is 4.30. The first-order chi connectivity index (χ1) is 13.9. The highest BCUT2D eigenvalue weighted by molar-refractivity contribution is 7.90. The smallest absolute Gasteiger partial charge is 0.311 e. The standard InChI is InChI=1S/C19H15ClF3N3O3S/c1-25(13-7-9-15(10-8-13)30(2,28)29)18(27)16-11-24-26(17(16)19(21,22)23)14-5-3-12(20)4-6-14/h3-11H,1-2H3. The number of nitrogens with zero attached hydrogens (tertiary/aromatic N) is 3. The molecular formula is C19H15ClF3N3O3S. The zero-order valence-corrected chi connectivity index (χ0v) is 17.3. The molecule has 3 rings (SSSR count). The van der Waals surface area contributed by atoms with Crippen LogP contribution in [0.1, 0.15) is 16.1 Å². The van der Waals surface area contributed by atoms with Gasteiger partial charge in [-0.15, -0.1) is 0 Å². The second kappa shape index (κ2) is 7.77. The second-order valence-corrected chi connectivity index (χ2v) is 8.88. The summed E-state index contributed by atoms with van der Waals surface area (Å²) in [5, 5.41) is 4.09. The molecule has 1 heterocycles. The number of alkyl halides is 3. The molecule has 30 heavy (non-hydrogen) atoms. The number of benzene rings is 2. The molecule has 0 saturated carbocycles. The normalized spacial score (nSPS) is 12.1. The van der Waals surface area contributed by atoms with Crippen molar-refractivity contribution in [2.75, 3.05) is 18.2 Å². The minimum atomic E-state index is -4.86. The molecule has 1 amide bonds. The molecule has 1 aromatic heterocycles. The summed E-state index contributed by atoms with van der Waals surface area (Å²) < 4.78 is 65.1. The fourth-order valence-corrected chi connectivity index (χ4v) is 3.53. The molecule has 0 bridgehead atoms. The van der Waals surface area contributed by atoms with Crippen molar-refractivity contribution in [3.8, 4) is 5.69 Å². The zero-order chi connectivity index (χ0) is 22.3. The molecule has 0 aliphatic carbocycles. The van der Waals surface area contributed by atoms with Gasteiger partial charge in [0.15, 0.2) is 15.5 Å². The fourth-order valence-electron chi connectivity index (χ4n) is 2.77. The van der Waals surface area contributed by atoms with Crippen molar-refractivity contribution in [3.63, 3.8) is 0 Å². The van der Waals surface area contributed by atoms with Gasteiger partial charge < -0.3 is 4.90 Å². The van der Waals surface area contributed by atoms with Crippen molar-refractivity contribution in [2.24, 2.45) is 0 Å². The van der Waals surface area contributed by atoms with Crippen LogP contribution in [-0.2, 0) is 16.0 Å². The highest BCUT2D eigenvalue weighted by Gasteiger charge is 2.41. The maximum absolute atomic E-state index is 13.8. The SMILES string of the molecule is CN(C(=O)c1cnn(-c2ccc(Cl)cc2)c1C(F)(F)F)c1ccc(S(C)(=O)=O)cc1. The number of rotatable bonds is 4. The number of carbonyl (C=O) groups is 1. The van der Waals surface area contributed by atoms with Gasteiger partial charge in [-0.2, -0.15) is 18.3 Å². The Morgan fingerprint density at radius 3 is 2.13 bits per heavy atom. The molecule has 0 aliphatic rings. The molecule has 3 aromatic rings. The second-order valence-electron chi connectivity index (χ2n) is 6.42. The number of halogens is 4. The lowest BCUT2D eigenvalue weighted by Crippen LogP contribution is -2.29. The summed E-state index contributed by atoms with van der Waals surface area (Å²) in [4.78, 5) is 13.8. The first kappa shape index (κ1) is 21.8. The van der Waals surface area contributed by atoms with Gasteiger partial charge in [0.05, 0.1) is 22.3 Å². The van der Waals surface area contributed by atoms with Crippen molar-refractivity contribution < 1.29 is 26.4 Å². The third-order valence-corrected chi connectivity index (χ3v) is 5.68. The van der Waals surface area contributed by atoms with Crippen LogP contribution >= 0.6 is 11.6 Å². The molecule has 0 N–H and O–H groups in total. The summed E-state index contributed by atoms with van der Waals surface area (Å²) in [6, 6.07) is 10.8. The average molecular weight is 458 g/mol. The summed E-state index contributed by atoms with van der Waals surface area (Å²) in [5.41, 5.74) is -1.56. The van der Waals surface area contributed by atoms with Crippen LogP contribution in [-0.4, -0.2) is 37.4 Å². The fraction of sp³-hybridized carbons (Fsp3) is 0.158. The number of anilines is 1. The van der Waals surface area contributed by atoms with Gasteiger partial charge in [-0.1, -0.05) is 11.6 Å². The Bertz CT molecular complexity index is 1190. The molecule has 0 fully saturated rings. The number of carbonyl (C=O) groups excluding carboxylic acids is 1. The van der Waals surface area contributed by atoms with Crippen molar-refractivity contribution in [2.45, 2.75) is 11.1 Å². The number of hydrogen-bond acceptors (Lipinski definition) is 4. The van der Waals surface area contributed by atoms with E-state index in [4.69, 9.17) is 11.6 Å². The average Bonchev–Trinajstić information content (AvgIpc) is 3.12. The van der Waals surface area contributed by atoms with Crippen molar-refractivity contribution in [3.05, 3.63) is 71.0 Å². The van der Waals surface area contributed by atoms with Crippen molar-refractivity contribution in [1.82, 2.24) is 9.78 Å². The predicted molar refractivity (Wildman–Crippen MR) is 106 cm³/mol. The van der Waals surface area contributed by atoms with Crippen LogP contribution in [0, 0.1) is 0 Å². The van der Waals surface area contributed by atoms with E-state index < -0.39 is 33.2 Å². The van der Waals surface area contributed by atoms with Gasteiger partial charge in [-0.05, 0) is 48.5 Å². The molecule has 0 radical (unpaired) electrons. The number of sulfone groups is 1. The maximum Gasteiger partial charge on any atom is 0.434 e. The van der Waals surface area contributed by atoms with Crippen molar-refractivity contribution >= 4 is 33.0 Å². The molecule has 11 heteroatoms. The topological polar surface area (TPSA) is 72.3 Å². The molecule has 0 atom stereocenters. The quantitative estimate of drug-likeness (QED) is 0.588. The highest BCUT2D eigenvalue weighted by Crippen LogP contribution is 2.35. The van der Waals surface area contributed by atoms with E-state index in [0.29, 0.717) is 9.70 Å². The van der Waals surface area contributed by atoms with Crippen molar-refractivity contribution in [1.29, 1.82) is 0 Å². The monoisotopic (exact) mass is 457 g/mol. The van der Waals surface area contributed by atoms with Gasteiger partial charge in [0.1, 0.15) is 0 Å². The lowest BCUT2D eigenvalue weighted by molar-refractivity contribution is -0.143. The van der Waals surface area contributed by atoms with Crippen LogP contribution in [0.4, 0.5) is 18.9 Å². The molecular weight excluding hydrogens is 443 g/mol. The van der Waals surface area contributed by atoms with E-state index in [0.717, 1.165) is 17.4 Å². The highest BCUT2D eigenvalue weighted by atomic mass is 35.5. The maximum atomic E-state index is 13.8. The zero-order valence-electron chi connectivity index (χ0n) is 15.7. The van der Waals surface area contributed by atoms with Crippen LogP contribution in [0.3, 0.4) is 0 Å². The van der Waals surface area contributed by atoms with Gasteiger partial charge in [0, 0.05) is 24.0 Å². The van der Waals surface area contributed by atoms with Crippen LogP contribution < -0.4 is 4.90 Å².